The van der Waals surface area contributed by atoms with Gasteiger partial charge in [0.25, 0.3) is 0 Å². The molecule has 1 heterocycles. The fourth-order valence-electron chi connectivity index (χ4n) is 2.27. The molecule has 3 rings (SSSR count). The molecule has 1 saturated carbocycles. The maximum absolute atomic E-state index is 5.34. The molecule has 4 nitrogen and oxygen atoms in total. The van der Waals surface area contributed by atoms with Crippen LogP contribution >= 0.6 is 0 Å². The number of aryl methyl sites for hydroxylation is 1. The molecule has 1 aliphatic rings. The first-order valence-corrected chi connectivity index (χ1v) is 6.96. The van der Waals surface area contributed by atoms with E-state index in [0.717, 1.165) is 17.8 Å². The van der Waals surface area contributed by atoms with Gasteiger partial charge in [-0.05, 0) is 31.4 Å². The van der Waals surface area contributed by atoms with Crippen LogP contribution in [0.3, 0.4) is 0 Å². The molecule has 4 heteroatoms. The van der Waals surface area contributed by atoms with Gasteiger partial charge in [-0.1, -0.05) is 17.7 Å². The number of nitrogens with one attached hydrogen (secondary N) is 1. The number of ether oxygens (including phenoxy) is 1. The van der Waals surface area contributed by atoms with Crippen LogP contribution in [0.15, 0.2) is 30.6 Å². The van der Waals surface area contributed by atoms with Gasteiger partial charge in [0.15, 0.2) is 0 Å². The normalized spacial score (nSPS) is 14.3. The molecule has 0 aliphatic heterocycles. The monoisotopic (exact) mass is 269 g/mol. The van der Waals surface area contributed by atoms with E-state index >= 15 is 0 Å². The van der Waals surface area contributed by atoms with Gasteiger partial charge >= 0.3 is 0 Å². The van der Waals surface area contributed by atoms with Crippen molar-refractivity contribution in [1.29, 1.82) is 0 Å². The SMILES string of the molecule is COc1nccnc1-c1cc(C)ccc1CNC1CC1. The zero-order valence-corrected chi connectivity index (χ0v) is 11.9. The van der Waals surface area contributed by atoms with Crippen molar-refractivity contribution >= 4 is 0 Å². The van der Waals surface area contributed by atoms with Crippen molar-refractivity contribution < 1.29 is 4.74 Å². The highest BCUT2D eigenvalue weighted by molar-refractivity contribution is 5.68. The van der Waals surface area contributed by atoms with Crippen molar-refractivity contribution in [2.45, 2.75) is 32.4 Å². The average Bonchev–Trinajstić information content (AvgIpc) is 3.30. The van der Waals surface area contributed by atoms with Gasteiger partial charge in [-0.2, -0.15) is 0 Å². The van der Waals surface area contributed by atoms with E-state index in [4.69, 9.17) is 4.74 Å². The highest BCUT2D eigenvalue weighted by atomic mass is 16.5. The lowest BCUT2D eigenvalue weighted by molar-refractivity contribution is 0.397. The van der Waals surface area contributed by atoms with Crippen LogP contribution in [0.5, 0.6) is 5.88 Å². The summed E-state index contributed by atoms with van der Waals surface area (Å²) >= 11 is 0. The fourth-order valence-corrected chi connectivity index (χ4v) is 2.27. The summed E-state index contributed by atoms with van der Waals surface area (Å²) in [5.74, 6) is 0.575. The number of nitrogens with zero attached hydrogens (tertiary/aromatic N) is 2. The first kappa shape index (κ1) is 13.1. The van der Waals surface area contributed by atoms with Crippen molar-refractivity contribution in [1.82, 2.24) is 15.3 Å². The fraction of sp³-hybridized carbons (Fsp3) is 0.375. The lowest BCUT2D eigenvalue weighted by atomic mass is 10.0. The van der Waals surface area contributed by atoms with E-state index in [2.05, 4.69) is 40.4 Å². The van der Waals surface area contributed by atoms with E-state index in [1.165, 1.54) is 24.0 Å². The van der Waals surface area contributed by atoms with Crippen LogP contribution < -0.4 is 10.1 Å². The second-order valence-electron chi connectivity index (χ2n) is 5.23. The van der Waals surface area contributed by atoms with Gasteiger partial charge in [0.2, 0.25) is 5.88 Å². The van der Waals surface area contributed by atoms with Crippen LogP contribution in [0.1, 0.15) is 24.0 Å². The van der Waals surface area contributed by atoms with Crippen LogP contribution in [0.25, 0.3) is 11.3 Å². The molecule has 1 aromatic heterocycles. The van der Waals surface area contributed by atoms with Gasteiger partial charge in [-0.15, -0.1) is 0 Å². The van der Waals surface area contributed by atoms with Crippen LogP contribution in [-0.2, 0) is 6.54 Å². The molecule has 20 heavy (non-hydrogen) atoms. The zero-order valence-electron chi connectivity index (χ0n) is 11.9. The Balaban J connectivity index is 1.98. The number of benzene rings is 1. The van der Waals surface area contributed by atoms with Crippen molar-refractivity contribution in [2.24, 2.45) is 0 Å². The van der Waals surface area contributed by atoms with Gasteiger partial charge in [-0.3, -0.25) is 0 Å². The van der Waals surface area contributed by atoms with Gasteiger partial charge in [-0.25, -0.2) is 9.97 Å². The lowest BCUT2D eigenvalue weighted by Crippen LogP contribution is -2.16. The maximum Gasteiger partial charge on any atom is 0.240 e. The molecule has 0 spiro atoms. The molecule has 104 valence electrons. The largest absolute Gasteiger partial charge is 0.479 e. The predicted molar refractivity (Wildman–Crippen MR) is 78.6 cm³/mol. The molecule has 0 unspecified atom stereocenters. The predicted octanol–water partition coefficient (Wildman–Crippen LogP) is 2.71. The molecule has 0 atom stereocenters. The van der Waals surface area contributed by atoms with E-state index in [9.17, 15) is 0 Å². The van der Waals surface area contributed by atoms with Crippen molar-refractivity contribution in [3.63, 3.8) is 0 Å². The first-order valence-electron chi connectivity index (χ1n) is 6.96. The average molecular weight is 269 g/mol. The van der Waals surface area contributed by atoms with E-state index in [0.29, 0.717) is 11.9 Å². The molecule has 1 N–H and O–H groups in total. The molecule has 0 amide bonds. The third-order valence-electron chi connectivity index (χ3n) is 3.54. The second kappa shape index (κ2) is 5.59. The van der Waals surface area contributed by atoms with Crippen LogP contribution in [0.2, 0.25) is 0 Å². The number of hydrogen-bond donors (Lipinski definition) is 1. The summed E-state index contributed by atoms with van der Waals surface area (Å²) in [6.07, 6.45) is 5.93. The molecular weight excluding hydrogens is 250 g/mol. The third-order valence-corrected chi connectivity index (χ3v) is 3.54. The Kier molecular flexibility index (Phi) is 3.65. The van der Waals surface area contributed by atoms with E-state index in [1.54, 1.807) is 19.5 Å². The van der Waals surface area contributed by atoms with E-state index in [-0.39, 0.29) is 0 Å². The van der Waals surface area contributed by atoms with Gasteiger partial charge in [0.1, 0.15) is 5.69 Å². The maximum atomic E-state index is 5.34. The topological polar surface area (TPSA) is 47.0 Å². The Morgan fingerprint density at radius 1 is 1.25 bits per heavy atom. The summed E-state index contributed by atoms with van der Waals surface area (Å²) in [5, 5.41) is 3.55. The number of aromatic nitrogens is 2. The van der Waals surface area contributed by atoms with Crippen molar-refractivity contribution in [3.8, 4) is 17.1 Å². The smallest absolute Gasteiger partial charge is 0.240 e. The standard InChI is InChI=1S/C16H19N3O/c1-11-3-4-12(10-19-13-5-6-13)14(9-11)15-16(20-2)18-8-7-17-15/h3-4,7-9,13,19H,5-6,10H2,1-2H3. The molecule has 0 saturated heterocycles. The molecular formula is C16H19N3O. The Hall–Kier alpha value is -1.94. The summed E-state index contributed by atoms with van der Waals surface area (Å²) in [4.78, 5) is 8.70. The van der Waals surface area contributed by atoms with Crippen LogP contribution in [0.4, 0.5) is 0 Å². The van der Waals surface area contributed by atoms with Gasteiger partial charge < -0.3 is 10.1 Å². The molecule has 0 radical (unpaired) electrons. The Morgan fingerprint density at radius 3 is 2.80 bits per heavy atom. The Bertz CT molecular complexity index is 608. The lowest BCUT2D eigenvalue weighted by Gasteiger charge is -2.13. The van der Waals surface area contributed by atoms with Crippen LogP contribution in [0, 0.1) is 6.92 Å². The van der Waals surface area contributed by atoms with Gasteiger partial charge in [0.05, 0.1) is 7.11 Å². The Morgan fingerprint density at radius 2 is 2.05 bits per heavy atom. The second-order valence-corrected chi connectivity index (χ2v) is 5.23. The molecule has 1 aromatic carbocycles. The molecule has 2 aromatic rings. The number of rotatable bonds is 5. The number of methoxy groups -OCH3 is 1. The highest BCUT2D eigenvalue weighted by Gasteiger charge is 2.21. The minimum Gasteiger partial charge on any atom is -0.479 e. The van der Waals surface area contributed by atoms with Crippen molar-refractivity contribution in [3.05, 3.63) is 41.7 Å². The molecule has 0 bridgehead atoms. The summed E-state index contributed by atoms with van der Waals surface area (Å²) in [5.41, 5.74) is 4.36. The zero-order chi connectivity index (χ0) is 13.9. The number of hydrogen-bond acceptors (Lipinski definition) is 4. The van der Waals surface area contributed by atoms with E-state index < -0.39 is 0 Å². The van der Waals surface area contributed by atoms with E-state index in [1.807, 2.05) is 0 Å². The highest BCUT2D eigenvalue weighted by Crippen LogP contribution is 2.30. The molecule has 1 fully saturated rings. The summed E-state index contributed by atoms with van der Waals surface area (Å²) in [6.45, 7) is 2.95. The summed E-state index contributed by atoms with van der Waals surface area (Å²) in [7, 11) is 1.63. The Labute approximate surface area is 119 Å². The third kappa shape index (κ3) is 2.80. The van der Waals surface area contributed by atoms with Crippen LogP contribution in [-0.4, -0.2) is 23.1 Å². The minimum absolute atomic E-state index is 0.575. The first-order chi connectivity index (χ1) is 9.78. The minimum atomic E-state index is 0.575. The van der Waals surface area contributed by atoms with Crippen molar-refractivity contribution in [2.75, 3.05) is 7.11 Å². The summed E-state index contributed by atoms with van der Waals surface area (Å²) < 4.78 is 5.34. The van der Waals surface area contributed by atoms with Gasteiger partial charge in [0, 0.05) is 30.5 Å². The quantitative estimate of drug-likeness (QED) is 0.906. The molecule has 1 aliphatic carbocycles. The summed E-state index contributed by atoms with van der Waals surface area (Å²) in [6, 6.07) is 7.13.